The van der Waals surface area contributed by atoms with Crippen LogP contribution >= 0.6 is 0 Å². The number of hydrogen-bond acceptors (Lipinski definition) is 9. The molecular weight excluding hydrogens is 384 g/mol. The molecule has 0 spiro atoms. The molecule has 1 fully saturated rings. The van der Waals surface area contributed by atoms with E-state index >= 15 is 0 Å². The maximum absolute atomic E-state index is 12.7. The van der Waals surface area contributed by atoms with Crippen molar-refractivity contribution < 1.29 is 43.8 Å². The molecule has 29 heavy (non-hydrogen) atoms. The molecule has 2 heterocycles. The number of benzene rings is 1. The van der Waals surface area contributed by atoms with Gasteiger partial charge in [0.2, 0.25) is 5.75 Å². The van der Waals surface area contributed by atoms with E-state index < -0.39 is 43.1 Å². The summed E-state index contributed by atoms with van der Waals surface area (Å²) in [5, 5.41) is 30.1. The Labute approximate surface area is 167 Å². The molecule has 0 amide bonds. The van der Waals surface area contributed by atoms with E-state index in [0.29, 0.717) is 0 Å². The average molecular weight is 408 g/mol. The van der Waals surface area contributed by atoms with E-state index in [1.807, 2.05) is 0 Å². The Balaban J connectivity index is 2.19. The molecule has 0 unspecified atom stereocenters. The van der Waals surface area contributed by atoms with Gasteiger partial charge in [-0.2, -0.15) is 0 Å². The van der Waals surface area contributed by atoms with Crippen molar-refractivity contribution in [3.63, 3.8) is 0 Å². The van der Waals surface area contributed by atoms with E-state index in [9.17, 15) is 20.1 Å². The van der Waals surface area contributed by atoms with Gasteiger partial charge < -0.3 is 39.0 Å². The van der Waals surface area contributed by atoms with Gasteiger partial charge in [-0.15, -0.1) is 0 Å². The number of aliphatic hydroxyl groups is 3. The van der Waals surface area contributed by atoms with Gasteiger partial charge in [0, 0.05) is 5.56 Å². The predicted octanol–water partition coefficient (Wildman–Crippen LogP) is 0.518. The largest absolute Gasteiger partial charge is 0.490 e. The molecule has 1 saturated heterocycles. The van der Waals surface area contributed by atoms with Crippen LogP contribution in [0.5, 0.6) is 17.2 Å². The lowest BCUT2D eigenvalue weighted by molar-refractivity contribution is -0.235. The van der Waals surface area contributed by atoms with Gasteiger partial charge in [0.05, 0.1) is 19.3 Å². The number of hydrogen-bond donors (Lipinski definition) is 3. The van der Waals surface area contributed by atoms with Gasteiger partial charge in [-0.25, -0.2) is 4.79 Å². The molecule has 3 N–H and O–H groups in total. The fourth-order valence-corrected chi connectivity index (χ4v) is 3.46. The van der Waals surface area contributed by atoms with Crippen LogP contribution in [0.2, 0.25) is 0 Å². The third kappa shape index (κ3) is 3.69. The molecule has 2 aliphatic heterocycles. The molecule has 1 aromatic rings. The van der Waals surface area contributed by atoms with Crippen LogP contribution in [0, 0.1) is 0 Å². The summed E-state index contributed by atoms with van der Waals surface area (Å²) in [7, 11) is 1.42. The van der Waals surface area contributed by atoms with Crippen molar-refractivity contribution in [1.82, 2.24) is 0 Å². The maximum Gasteiger partial charge on any atom is 0.339 e. The number of fused-ring (bicyclic) bond motifs is 3. The Morgan fingerprint density at radius 2 is 1.83 bits per heavy atom. The molecule has 0 aromatic heterocycles. The first-order valence-electron chi connectivity index (χ1n) is 9.04. The van der Waals surface area contributed by atoms with E-state index in [0.717, 1.165) is 0 Å². The highest BCUT2D eigenvalue weighted by Gasteiger charge is 2.52. The monoisotopic (exact) mass is 408 g/mol. The van der Waals surface area contributed by atoms with Crippen LogP contribution in [0.15, 0.2) is 31.4 Å². The minimum Gasteiger partial charge on any atom is -0.490 e. The fraction of sp³-hybridized carbons (Fsp3) is 0.450. The zero-order chi connectivity index (χ0) is 21.1. The normalized spacial score (nSPS) is 27.9. The summed E-state index contributed by atoms with van der Waals surface area (Å²) in [5.74, 6) is -0.134. The maximum atomic E-state index is 12.7. The lowest BCUT2D eigenvalue weighted by Crippen LogP contribution is -2.58. The Bertz CT molecular complexity index is 791. The topological polar surface area (TPSA) is 124 Å². The third-order valence-electron chi connectivity index (χ3n) is 4.76. The minimum absolute atomic E-state index is 0.0920. The predicted molar refractivity (Wildman–Crippen MR) is 100 cm³/mol. The quantitative estimate of drug-likeness (QED) is 0.417. The van der Waals surface area contributed by atoms with Crippen molar-refractivity contribution in [2.75, 3.05) is 26.9 Å². The van der Waals surface area contributed by atoms with Crippen LogP contribution in [-0.2, 0) is 9.47 Å². The SMILES string of the molecule is C=CCOc1cc2c(c(OCC=C)c1OC)[C@@H]1O[C@H](CO)[C@@H](O)[C@H](O)[C@H]1OC2=O. The second-order valence-corrected chi connectivity index (χ2v) is 6.53. The Morgan fingerprint density at radius 3 is 2.45 bits per heavy atom. The van der Waals surface area contributed by atoms with E-state index in [-0.39, 0.29) is 41.6 Å². The third-order valence-corrected chi connectivity index (χ3v) is 4.76. The number of rotatable bonds is 8. The van der Waals surface area contributed by atoms with E-state index in [4.69, 9.17) is 23.7 Å². The van der Waals surface area contributed by atoms with Gasteiger partial charge in [-0.3, -0.25) is 0 Å². The van der Waals surface area contributed by atoms with E-state index in [1.54, 1.807) is 0 Å². The Morgan fingerprint density at radius 1 is 1.14 bits per heavy atom. The molecule has 0 aliphatic carbocycles. The van der Waals surface area contributed by atoms with E-state index in [1.165, 1.54) is 25.3 Å². The molecule has 0 radical (unpaired) electrons. The summed E-state index contributed by atoms with van der Waals surface area (Å²) in [4.78, 5) is 12.7. The number of aliphatic hydroxyl groups excluding tert-OH is 3. The van der Waals surface area contributed by atoms with Crippen LogP contribution in [-0.4, -0.2) is 72.6 Å². The molecule has 9 heteroatoms. The summed E-state index contributed by atoms with van der Waals surface area (Å²) >= 11 is 0. The van der Waals surface area contributed by atoms with Crippen LogP contribution in [0.25, 0.3) is 0 Å². The zero-order valence-corrected chi connectivity index (χ0v) is 15.9. The van der Waals surface area contributed by atoms with Gasteiger partial charge >= 0.3 is 5.97 Å². The highest BCUT2D eigenvalue weighted by molar-refractivity contribution is 5.95. The van der Waals surface area contributed by atoms with Crippen molar-refractivity contribution in [3.8, 4) is 17.2 Å². The minimum atomic E-state index is -1.46. The first kappa shape index (κ1) is 21.1. The molecule has 158 valence electrons. The van der Waals surface area contributed by atoms with Crippen LogP contribution < -0.4 is 14.2 Å². The zero-order valence-electron chi connectivity index (χ0n) is 15.9. The standard InChI is InChI=1S/C20H24O9/c1-4-6-26-11-8-10-13(17(16(11)25-3)27-7-5-2)18-19(29-20(10)24)15(23)14(22)12(9-21)28-18/h4-5,8,12,14-15,18-19,21-23H,1-2,6-7,9H2,3H3/t12-,14-,15+,18+,19-/m1/s1. The summed E-state index contributed by atoms with van der Waals surface area (Å²) in [6, 6.07) is 1.44. The molecule has 5 atom stereocenters. The second-order valence-electron chi connectivity index (χ2n) is 6.53. The summed E-state index contributed by atoms with van der Waals surface area (Å²) in [6.45, 7) is 6.93. The van der Waals surface area contributed by atoms with Crippen molar-refractivity contribution in [1.29, 1.82) is 0 Å². The van der Waals surface area contributed by atoms with Crippen molar-refractivity contribution in [3.05, 3.63) is 42.5 Å². The van der Waals surface area contributed by atoms with Crippen LogP contribution in [0.3, 0.4) is 0 Å². The van der Waals surface area contributed by atoms with E-state index in [2.05, 4.69) is 13.2 Å². The molecule has 0 saturated carbocycles. The summed E-state index contributed by atoms with van der Waals surface area (Å²) < 4.78 is 28.0. The lowest BCUT2D eigenvalue weighted by atomic mass is 9.86. The van der Waals surface area contributed by atoms with Crippen molar-refractivity contribution in [2.45, 2.75) is 30.5 Å². The molecule has 3 rings (SSSR count). The Kier molecular flexibility index (Phi) is 6.43. The summed E-state index contributed by atoms with van der Waals surface area (Å²) in [6.07, 6.45) is -3.11. The van der Waals surface area contributed by atoms with Gasteiger partial charge in [-0.05, 0) is 6.07 Å². The highest BCUT2D eigenvalue weighted by atomic mass is 16.6. The molecular formula is C20H24O9. The highest BCUT2D eigenvalue weighted by Crippen LogP contribution is 2.50. The van der Waals surface area contributed by atoms with Crippen LogP contribution in [0.1, 0.15) is 22.0 Å². The van der Waals surface area contributed by atoms with Crippen molar-refractivity contribution >= 4 is 5.97 Å². The summed E-state index contributed by atoms with van der Waals surface area (Å²) in [5.41, 5.74) is 0.380. The smallest absolute Gasteiger partial charge is 0.339 e. The molecule has 0 bridgehead atoms. The average Bonchev–Trinajstić information content (AvgIpc) is 2.73. The van der Waals surface area contributed by atoms with Gasteiger partial charge in [0.15, 0.2) is 17.6 Å². The fourth-order valence-electron chi connectivity index (χ4n) is 3.46. The number of esters is 1. The molecule has 9 nitrogen and oxygen atoms in total. The number of carbonyl (C=O) groups is 1. The number of ether oxygens (including phenoxy) is 5. The molecule has 2 aliphatic rings. The Hall–Kier alpha value is -2.59. The number of carbonyl (C=O) groups excluding carboxylic acids is 1. The van der Waals surface area contributed by atoms with Gasteiger partial charge in [0.25, 0.3) is 0 Å². The molecule has 1 aromatic carbocycles. The van der Waals surface area contributed by atoms with Gasteiger partial charge in [-0.1, -0.05) is 25.3 Å². The van der Waals surface area contributed by atoms with Crippen LogP contribution in [0.4, 0.5) is 0 Å². The number of methoxy groups -OCH3 is 1. The first-order chi connectivity index (χ1) is 14.0. The first-order valence-corrected chi connectivity index (χ1v) is 9.04. The lowest BCUT2D eigenvalue weighted by Gasteiger charge is -2.44. The van der Waals surface area contributed by atoms with Crippen molar-refractivity contribution in [2.24, 2.45) is 0 Å². The van der Waals surface area contributed by atoms with Gasteiger partial charge in [0.1, 0.15) is 37.6 Å². The second kappa shape index (κ2) is 8.83.